The highest BCUT2D eigenvalue weighted by Gasteiger charge is 2.24. The summed E-state index contributed by atoms with van der Waals surface area (Å²) in [5.41, 5.74) is 0.518. The van der Waals surface area contributed by atoms with Crippen molar-refractivity contribution >= 4 is 35.8 Å². The maximum Gasteiger partial charge on any atom is 0.251 e. The number of likely N-dealkylation sites (tertiary alicyclic amines) is 1. The topological polar surface area (TPSA) is 95.4 Å². The van der Waals surface area contributed by atoms with Gasteiger partial charge in [0, 0.05) is 44.8 Å². The zero-order valence-electron chi connectivity index (χ0n) is 17.2. The van der Waals surface area contributed by atoms with Crippen molar-refractivity contribution in [1.29, 1.82) is 0 Å². The number of amides is 1. The second kappa shape index (κ2) is 14.4. The van der Waals surface area contributed by atoms with E-state index >= 15 is 0 Å². The number of nitrogens with one attached hydrogen (secondary N) is 2. The van der Waals surface area contributed by atoms with E-state index in [0.29, 0.717) is 37.8 Å². The number of phenols is 1. The van der Waals surface area contributed by atoms with Crippen LogP contribution in [0.4, 0.5) is 0 Å². The molecule has 164 valence electrons. The number of rotatable bonds is 10. The second-order valence-electron chi connectivity index (χ2n) is 6.71. The molecule has 0 saturated carbocycles. The molecule has 1 aliphatic rings. The Bertz CT molecular complexity index is 627. The van der Waals surface area contributed by atoms with Gasteiger partial charge in [-0.1, -0.05) is 0 Å². The van der Waals surface area contributed by atoms with Gasteiger partial charge in [-0.3, -0.25) is 9.79 Å². The molecule has 8 nitrogen and oxygen atoms in total. The molecular formula is C20H33IN4O4. The van der Waals surface area contributed by atoms with E-state index in [1.807, 2.05) is 6.92 Å². The second-order valence-corrected chi connectivity index (χ2v) is 6.71. The van der Waals surface area contributed by atoms with Gasteiger partial charge >= 0.3 is 0 Å². The zero-order chi connectivity index (χ0) is 20.2. The molecule has 1 heterocycles. The number of carbonyl (C=O) groups is 1. The smallest absolute Gasteiger partial charge is 0.251 e. The number of halogens is 1. The lowest BCUT2D eigenvalue weighted by molar-refractivity contribution is 0.0536. The third-order valence-electron chi connectivity index (χ3n) is 4.49. The van der Waals surface area contributed by atoms with Crippen molar-refractivity contribution < 1.29 is 19.4 Å². The average Bonchev–Trinajstić information content (AvgIpc) is 3.17. The van der Waals surface area contributed by atoms with Gasteiger partial charge in [0.25, 0.3) is 5.91 Å². The van der Waals surface area contributed by atoms with Crippen LogP contribution in [-0.4, -0.2) is 81.5 Å². The fourth-order valence-electron chi connectivity index (χ4n) is 3.03. The van der Waals surface area contributed by atoms with Crippen molar-refractivity contribution in [3.8, 4) is 5.75 Å². The molecule has 0 bridgehead atoms. The van der Waals surface area contributed by atoms with E-state index in [2.05, 4.69) is 20.5 Å². The number of hydrogen-bond donors (Lipinski definition) is 3. The van der Waals surface area contributed by atoms with Gasteiger partial charge in [-0.05, 0) is 37.6 Å². The first kappa shape index (κ1) is 25.4. The van der Waals surface area contributed by atoms with E-state index in [-0.39, 0.29) is 35.6 Å². The Morgan fingerprint density at radius 3 is 2.72 bits per heavy atom. The highest BCUT2D eigenvalue weighted by molar-refractivity contribution is 14.0. The number of phenolic OH excluding ortho intramolecular Hbond substituents is 1. The third kappa shape index (κ3) is 9.18. The Morgan fingerprint density at radius 1 is 1.28 bits per heavy atom. The fourth-order valence-corrected chi connectivity index (χ4v) is 3.03. The first-order chi connectivity index (χ1) is 13.6. The molecular weight excluding hydrogens is 487 g/mol. The molecule has 29 heavy (non-hydrogen) atoms. The lowest BCUT2D eigenvalue weighted by Gasteiger charge is -2.21. The minimum Gasteiger partial charge on any atom is -0.508 e. The van der Waals surface area contributed by atoms with Gasteiger partial charge in [0.15, 0.2) is 5.96 Å². The average molecular weight is 520 g/mol. The number of aliphatic imine (C=N–C) groups is 1. The monoisotopic (exact) mass is 520 g/mol. The summed E-state index contributed by atoms with van der Waals surface area (Å²) in [7, 11) is 1.67. The van der Waals surface area contributed by atoms with E-state index in [4.69, 9.17) is 9.47 Å². The number of guanidine groups is 1. The summed E-state index contributed by atoms with van der Waals surface area (Å²) in [5, 5.41) is 15.5. The van der Waals surface area contributed by atoms with Crippen LogP contribution in [0, 0.1) is 5.92 Å². The number of methoxy groups -OCH3 is 1. The molecule has 1 aromatic carbocycles. The summed E-state index contributed by atoms with van der Waals surface area (Å²) in [6, 6.07) is 6.19. The Morgan fingerprint density at radius 2 is 2.03 bits per heavy atom. The Labute approximate surface area is 190 Å². The normalized spacial score (nSPS) is 16.4. The van der Waals surface area contributed by atoms with Crippen molar-refractivity contribution in [2.75, 3.05) is 59.7 Å². The van der Waals surface area contributed by atoms with Gasteiger partial charge in [-0.25, -0.2) is 0 Å². The molecule has 1 aromatic rings. The molecule has 0 aliphatic carbocycles. The van der Waals surface area contributed by atoms with Gasteiger partial charge in [-0.15, -0.1) is 24.0 Å². The van der Waals surface area contributed by atoms with Crippen LogP contribution in [0.1, 0.15) is 23.7 Å². The van der Waals surface area contributed by atoms with Crippen molar-refractivity contribution in [1.82, 2.24) is 15.5 Å². The minimum atomic E-state index is -0.172. The first-order valence-electron chi connectivity index (χ1n) is 9.81. The van der Waals surface area contributed by atoms with Crippen molar-refractivity contribution in [3.05, 3.63) is 29.8 Å². The van der Waals surface area contributed by atoms with Crippen molar-refractivity contribution in [2.24, 2.45) is 10.9 Å². The highest BCUT2D eigenvalue weighted by atomic mass is 127. The molecule has 1 amide bonds. The molecule has 0 spiro atoms. The van der Waals surface area contributed by atoms with Gasteiger partial charge in [-0.2, -0.15) is 0 Å². The quantitative estimate of drug-likeness (QED) is 0.188. The van der Waals surface area contributed by atoms with Crippen LogP contribution in [0.3, 0.4) is 0 Å². The Balaban J connectivity index is 0.00000420. The minimum absolute atomic E-state index is 0. The molecule has 0 aromatic heterocycles. The van der Waals surface area contributed by atoms with Crippen LogP contribution >= 0.6 is 24.0 Å². The molecule has 2 rings (SSSR count). The predicted molar refractivity (Wildman–Crippen MR) is 124 cm³/mol. The SMILES string of the molecule is CCNC(=NCCNC(=O)c1ccc(O)cc1)N1CCC(COCCOC)C1.I. The van der Waals surface area contributed by atoms with Crippen LogP contribution in [0.15, 0.2) is 29.3 Å². The van der Waals surface area contributed by atoms with E-state index in [1.54, 1.807) is 19.2 Å². The zero-order valence-corrected chi connectivity index (χ0v) is 19.6. The van der Waals surface area contributed by atoms with Gasteiger partial charge in [0.05, 0.1) is 26.4 Å². The van der Waals surface area contributed by atoms with Crippen LogP contribution in [-0.2, 0) is 9.47 Å². The van der Waals surface area contributed by atoms with Crippen LogP contribution < -0.4 is 10.6 Å². The third-order valence-corrected chi connectivity index (χ3v) is 4.49. The highest BCUT2D eigenvalue weighted by Crippen LogP contribution is 2.16. The number of ether oxygens (including phenoxy) is 2. The van der Waals surface area contributed by atoms with Gasteiger partial charge in [0.2, 0.25) is 0 Å². The molecule has 0 radical (unpaired) electrons. The van der Waals surface area contributed by atoms with E-state index in [9.17, 15) is 9.90 Å². The number of nitrogens with zero attached hydrogens (tertiary/aromatic N) is 2. The van der Waals surface area contributed by atoms with Gasteiger partial charge < -0.3 is 30.1 Å². The van der Waals surface area contributed by atoms with Crippen LogP contribution in [0.25, 0.3) is 0 Å². The largest absolute Gasteiger partial charge is 0.508 e. The number of hydrogen-bond acceptors (Lipinski definition) is 5. The molecule has 3 N–H and O–H groups in total. The summed E-state index contributed by atoms with van der Waals surface area (Å²) in [6.07, 6.45) is 1.08. The fraction of sp³-hybridized carbons (Fsp3) is 0.600. The van der Waals surface area contributed by atoms with Crippen molar-refractivity contribution in [2.45, 2.75) is 13.3 Å². The maximum atomic E-state index is 12.1. The summed E-state index contributed by atoms with van der Waals surface area (Å²) >= 11 is 0. The molecule has 1 saturated heterocycles. The summed E-state index contributed by atoms with van der Waals surface area (Å²) in [5.74, 6) is 1.34. The standard InChI is InChI=1S/C20H32N4O4.HI/c1-3-21-20(24-11-8-16(14-24)15-28-13-12-27-2)23-10-9-22-19(26)17-4-6-18(25)7-5-17;/h4-7,16,25H,3,8-15H2,1-2H3,(H,21,23)(H,22,26);1H. The van der Waals surface area contributed by atoms with Crippen LogP contribution in [0.5, 0.6) is 5.75 Å². The number of benzene rings is 1. The lowest BCUT2D eigenvalue weighted by Crippen LogP contribution is -2.41. The first-order valence-corrected chi connectivity index (χ1v) is 9.81. The number of aromatic hydroxyl groups is 1. The lowest BCUT2D eigenvalue weighted by atomic mass is 10.1. The molecule has 1 unspecified atom stereocenters. The molecule has 1 fully saturated rings. The van der Waals surface area contributed by atoms with Crippen molar-refractivity contribution in [3.63, 3.8) is 0 Å². The molecule has 9 heteroatoms. The summed E-state index contributed by atoms with van der Waals surface area (Å²) in [4.78, 5) is 19.0. The maximum absolute atomic E-state index is 12.1. The van der Waals surface area contributed by atoms with E-state index in [0.717, 1.165) is 38.6 Å². The van der Waals surface area contributed by atoms with E-state index < -0.39 is 0 Å². The summed E-state index contributed by atoms with van der Waals surface area (Å²) < 4.78 is 10.6. The Kier molecular flexibility index (Phi) is 12.6. The number of carbonyl (C=O) groups excluding carboxylic acids is 1. The van der Waals surface area contributed by atoms with Crippen LogP contribution in [0.2, 0.25) is 0 Å². The molecule has 1 atom stereocenters. The Hall–Kier alpha value is -1.59. The molecule has 1 aliphatic heterocycles. The predicted octanol–water partition coefficient (Wildman–Crippen LogP) is 1.69. The summed E-state index contributed by atoms with van der Waals surface area (Å²) in [6.45, 7) is 7.64. The van der Waals surface area contributed by atoms with E-state index in [1.165, 1.54) is 12.1 Å². The van der Waals surface area contributed by atoms with Gasteiger partial charge in [0.1, 0.15) is 5.75 Å².